The zero-order chi connectivity index (χ0) is 25.3. The third-order valence-electron chi connectivity index (χ3n) is 6.10. The van der Waals surface area contributed by atoms with Crippen molar-refractivity contribution < 1.29 is 32.8 Å². The van der Waals surface area contributed by atoms with E-state index in [2.05, 4.69) is 10.6 Å². The van der Waals surface area contributed by atoms with E-state index in [9.17, 15) is 32.8 Å². The number of nitrogens with one attached hydrogen (secondary N) is 2. The molecule has 2 aromatic carbocycles. The molecule has 2 aliphatic rings. The maximum absolute atomic E-state index is 14.4. The Morgan fingerprint density at radius 1 is 1.09 bits per heavy atom. The fraction of sp³-hybridized carbons (Fsp3) is 0.320. The number of carbonyl (C=O) groups excluding carboxylic acids is 5. The minimum atomic E-state index is -3.66. The third kappa shape index (κ3) is 4.68. The molecule has 182 valence electrons. The summed E-state index contributed by atoms with van der Waals surface area (Å²) in [7, 11) is 0. The van der Waals surface area contributed by atoms with Gasteiger partial charge in [-0.25, -0.2) is 0 Å². The number of hydrogen-bond acceptors (Lipinski definition) is 5. The first-order valence-electron chi connectivity index (χ1n) is 11.2. The molecule has 0 saturated carbocycles. The van der Waals surface area contributed by atoms with E-state index in [1.165, 1.54) is 30.3 Å². The topological polar surface area (TPSA) is 113 Å². The summed E-state index contributed by atoms with van der Waals surface area (Å²) in [5.74, 6) is -7.41. The van der Waals surface area contributed by atoms with Gasteiger partial charge >= 0.3 is 5.92 Å². The summed E-state index contributed by atoms with van der Waals surface area (Å²) >= 11 is 0. The summed E-state index contributed by atoms with van der Waals surface area (Å²) in [5, 5.41) is 4.39. The summed E-state index contributed by atoms with van der Waals surface area (Å²) in [6.45, 7) is 1.66. The van der Waals surface area contributed by atoms with Crippen LogP contribution in [0.5, 0.6) is 0 Å². The molecular formula is C25H23F2N3O5. The first-order chi connectivity index (χ1) is 16.6. The lowest BCUT2D eigenvalue weighted by atomic mass is 10.0. The number of piperidine rings is 1. The van der Waals surface area contributed by atoms with Gasteiger partial charge in [-0.2, -0.15) is 8.78 Å². The van der Waals surface area contributed by atoms with Crippen molar-refractivity contribution in [2.24, 2.45) is 0 Å². The number of amides is 5. The van der Waals surface area contributed by atoms with Gasteiger partial charge in [0.2, 0.25) is 11.8 Å². The van der Waals surface area contributed by atoms with Crippen LogP contribution in [0.25, 0.3) is 0 Å². The largest absolute Gasteiger partial charge is 0.351 e. The fourth-order valence-electron chi connectivity index (χ4n) is 4.25. The van der Waals surface area contributed by atoms with Gasteiger partial charge in [-0.15, -0.1) is 0 Å². The van der Waals surface area contributed by atoms with Gasteiger partial charge in [-0.1, -0.05) is 29.8 Å². The number of benzene rings is 2. The number of fused-ring (bicyclic) bond motifs is 1. The predicted octanol–water partition coefficient (Wildman–Crippen LogP) is 2.24. The number of imide groups is 2. The number of alkyl halides is 2. The SMILES string of the molecule is Cc1cccc(C(F)(F)C(=O)NCCCc2ccc3c(c2)C(=O)N(C2CCC(=O)NC2=O)C3=O)c1. The lowest BCUT2D eigenvalue weighted by Gasteiger charge is -2.27. The highest BCUT2D eigenvalue weighted by Gasteiger charge is 2.44. The molecule has 8 nitrogen and oxygen atoms in total. The third-order valence-corrected chi connectivity index (χ3v) is 6.10. The molecule has 1 saturated heterocycles. The number of aryl methyl sites for hydroxylation is 2. The first-order valence-corrected chi connectivity index (χ1v) is 11.2. The van der Waals surface area contributed by atoms with E-state index in [-0.39, 0.29) is 36.1 Å². The molecule has 2 aliphatic heterocycles. The predicted molar refractivity (Wildman–Crippen MR) is 120 cm³/mol. The fourth-order valence-corrected chi connectivity index (χ4v) is 4.25. The first kappa shape index (κ1) is 24.2. The Bertz CT molecular complexity index is 1240. The minimum absolute atomic E-state index is 0.00734. The van der Waals surface area contributed by atoms with Crippen molar-refractivity contribution in [1.29, 1.82) is 0 Å². The molecule has 4 rings (SSSR count). The Morgan fingerprint density at radius 3 is 2.54 bits per heavy atom. The Morgan fingerprint density at radius 2 is 1.83 bits per heavy atom. The molecular weight excluding hydrogens is 460 g/mol. The van der Waals surface area contributed by atoms with Crippen molar-refractivity contribution in [3.63, 3.8) is 0 Å². The number of hydrogen-bond donors (Lipinski definition) is 2. The average molecular weight is 483 g/mol. The van der Waals surface area contributed by atoms with Gasteiger partial charge in [0.25, 0.3) is 17.7 Å². The monoisotopic (exact) mass is 483 g/mol. The second kappa shape index (κ2) is 9.36. The van der Waals surface area contributed by atoms with Crippen molar-refractivity contribution >= 4 is 29.5 Å². The van der Waals surface area contributed by atoms with Crippen LogP contribution in [0.4, 0.5) is 8.78 Å². The van der Waals surface area contributed by atoms with E-state index in [1.807, 2.05) is 0 Å². The van der Waals surface area contributed by atoms with Crippen LogP contribution in [-0.2, 0) is 26.7 Å². The van der Waals surface area contributed by atoms with Crippen molar-refractivity contribution in [2.75, 3.05) is 6.54 Å². The number of halogens is 2. The van der Waals surface area contributed by atoms with Crippen molar-refractivity contribution in [2.45, 2.75) is 44.6 Å². The molecule has 2 heterocycles. The van der Waals surface area contributed by atoms with E-state index in [0.29, 0.717) is 24.0 Å². The number of carbonyl (C=O) groups is 5. The lowest BCUT2D eigenvalue weighted by Crippen LogP contribution is -2.54. The molecule has 10 heteroatoms. The highest BCUT2D eigenvalue weighted by atomic mass is 19.3. The number of rotatable bonds is 7. The van der Waals surface area contributed by atoms with E-state index in [0.717, 1.165) is 4.90 Å². The Balaban J connectivity index is 1.36. The van der Waals surface area contributed by atoms with Gasteiger partial charge in [-0.05, 0) is 49.9 Å². The molecule has 0 aliphatic carbocycles. The minimum Gasteiger partial charge on any atom is -0.351 e. The highest BCUT2D eigenvalue weighted by molar-refractivity contribution is 6.23. The molecule has 1 unspecified atom stereocenters. The standard InChI is InChI=1S/C25H23F2N3O5/c1-14-4-2-6-16(12-14)25(26,27)24(35)28-11-3-5-15-7-8-17-18(13-15)23(34)30(22(17)33)19-9-10-20(31)29-21(19)32/h2,4,6-8,12-13,19H,3,5,9-11H2,1H3,(H,28,35)(H,29,31,32). The average Bonchev–Trinajstić information content (AvgIpc) is 3.06. The Labute approximate surface area is 199 Å². The van der Waals surface area contributed by atoms with E-state index < -0.39 is 41.5 Å². The van der Waals surface area contributed by atoms with Crippen LogP contribution in [-0.4, -0.2) is 47.0 Å². The molecule has 0 spiro atoms. The quantitative estimate of drug-likeness (QED) is 0.463. The molecule has 0 bridgehead atoms. The van der Waals surface area contributed by atoms with Crippen LogP contribution in [0, 0.1) is 6.92 Å². The van der Waals surface area contributed by atoms with E-state index >= 15 is 0 Å². The molecule has 1 atom stereocenters. The van der Waals surface area contributed by atoms with Gasteiger partial charge in [0, 0.05) is 18.5 Å². The van der Waals surface area contributed by atoms with Gasteiger partial charge in [0.1, 0.15) is 6.04 Å². The van der Waals surface area contributed by atoms with Crippen LogP contribution in [0.2, 0.25) is 0 Å². The van der Waals surface area contributed by atoms with Crippen molar-refractivity contribution in [3.8, 4) is 0 Å². The van der Waals surface area contributed by atoms with Crippen LogP contribution in [0.3, 0.4) is 0 Å². The van der Waals surface area contributed by atoms with Crippen LogP contribution < -0.4 is 10.6 Å². The number of nitrogens with zero attached hydrogens (tertiary/aromatic N) is 1. The highest BCUT2D eigenvalue weighted by Crippen LogP contribution is 2.30. The van der Waals surface area contributed by atoms with E-state index in [4.69, 9.17) is 0 Å². The van der Waals surface area contributed by atoms with E-state index in [1.54, 1.807) is 19.1 Å². The van der Waals surface area contributed by atoms with Crippen LogP contribution >= 0.6 is 0 Å². The summed E-state index contributed by atoms with van der Waals surface area (Å²) < 4.78 is 28.8. The smallest absolute Gasteiger partial charge is 0.349 e. The van der Waals surface area contributed by atoms with Gasteiger partial charge in [0.15, 0.2) is 0 Å². The van der Waals surface area contributed by atoms with Crippen molar-refractivity contribution in [3.05, 3.63) is 70.3 Å². The zero-order valence-corrected chi connectivity index (χ0v) is 18.9. The maximum atomic E-state index is 14.4. The summed E-state index contributed by atoms with van der Waals surface area (Å²) in [6, 6.07) is 9.21. The molecule has 2 aromatic rings. The Hall–Kier alpha value is -3.95. The second-order valence-electron chi connectivity index (χ2n) is 8.63. The molecule has 35 heavy (non-hydrogen) atoms. The van der Waals surface area contributed by atoms with Gasteiger partial charge in [-0.3, -0.25) is 34.2 Å². The maximum Gasteiger partial charge on any atom is 0.349 e. The zero-order valence-electron chi connectivity index (χ0n) is 18.9. The Kier molecular flexibility index (Phi) is 6.47. The van der Waals surface area contributed by atoms with Crippen LogP contribution in [0.15, 0.2) is 42.5 Å². The summed E-state index contributed by atoms with van der Waals surface area (Å²) in [6.07, 6.45) is 0.788. The molecule has 1 fully saturated rings. The molecule has 0 radical (unpaired) electrons. The van der Waals surface area contributed by atoms with Crippen molar-refractivity contribution in [1.82, 2.24) is 15.5 Å². The lowest BCUT2D eigenvalue weighted by molar-refractivity contribution is -0.147. The molecule has 2 N–H and O–H groups in total. The second-order valence-corrected chi connectivity index (χ2v) is 8.63. The molecule has 5 amide bonds. The van der Waals surface area contributed by atoms with Gasteiger partial charge in [0.05, 0.1) is 11.1 Å². The normalized spacial score (nSPS) is 17.9. The summed E-state index contributed by atoms with van der Waals surface area (Å²) in [5.41, 5.74) is 1.23. The van der Waals surface area contributed by atoms with Crippen LogP contribution in [0.1, 0.15) is 56.7 Å². The van der Waals surface area contributed by atoms with Gasteiger partial charge < -0.3 is 5.32 Å². The molecule has 0 aromatic heterocycles. The summed E-state index contributed by atoms with van der Waals surface area (Å²) in [4.78, 5) is 62.1.